The van der Waals surface area contributed by atoms with E-state index in [0.29, 0.717) is 47.1 Å². The van der Waals surface area contributed by atoms with Gasteiger partial charge in [-0.05, 0) is 24.1 Å². The molecule has 4 aromatic rings. The summed E-state index contributed by atoms with van der Waals surface area (Å²) in [4.78, 5) is 25.6. The maximum absolute atomic E-state index is 15.0. The van der Waals surface area contributed by atoms with E-state index in [1.165, 1.54) is 6.07 Å². The number of ether oxygens (including phenoxy) is 1. The average molecular weight is 442 g/mol. The van der Waals surface area contributed by atoms with Crippen LogP contribution in [0.2, 0.25) is 0 Å². The lowest BCUT2D eigenvalue weighted by Gasteiger charge is -2.33. The van der Waals surface area contributed by atoms with E-state index in [1.807, 2.05) is 0 Å². The van der Waals surface area contributed by atoms with Crippen LogP contribution in [0.1, 0.15) is 22.9 Å². The van der Waals surface area contributed by atoms with E-state index in [-0.39, 0.29) is 6.61 Å². The molecule has 2 N–H and O–H groups in total. The predicted molar refractivity (Wildman–Crippen MR) is 119 cm³/mol. The van der Waals surface area contributed by atoms with Crippen molar-refractivity contribution < 1.29 is 13.9 Å². The van der Waals surface area contributed by atoms with Crippen molar-refractivity contribution in [3.63, 3.8) is 0 Å². The minimum absolute atomic E-state index is 0.263. The van der Waals surface area contributed by atoms with Gasteiger partial charge in [0.15, 0.2) is 5.65 Å². The van der Waals surface area contributed by atoms with Crippen molar-refractivity contribution in [2.75, 3.05) is 25.5 Å². The number of hydrogen-bond acceptors (Lipinski definition) is 6. The molecule has 4 heterocycles. The summed E-state index contributed by atoms with van der Waals surface area (Å²) >= 11 is 0. The average Bonchev–Trinajstić information content (AvgIpc) is 3.25. The van der Waals surface area contributed by atoms with Crippen LogP contribution in [0.3, 0.4) is 0 Å². The molecule has 5 rings (SSSR count). The normalized spacial score (nSPS) is 15.8. The first-order valence-corrected chi connectivity index (χ1v) is 10.3. The van der Waals surface area contributed by atoms with Crippen LogP contribution in [0.25, 0.3) is 16.9 Å². The molecule has 1 saturated heterocycles. The first-order valence-electron chi connectivity index (χ1n) is 10.3. The Morgan fingerprint density at radius 1 is 1.15 bits per heavy atom. The summed E-state index contributed by atoms with van der Waals surface area (Å²) < 4.78 is 22.3. The van der Waals surface area contributed by atoms with E-state index in [1.54, 1.807) is 58.4 Å². The van der Waals surface area contributed by atoms with E-state index in [2.05, 4.69) is 26.8 Å². The zero-order valence-electron chi connectivity index (χ0n) is 17.5. The molecule has 0 radical (unpaired) electrons. The van der Waals surface area contributed by atoms with Crippen molar-refractivity contribution in [2.45, 2.75) is 6.04 Å². The number of halogens is 1. The largest absolute Gasteiger partial charge is 0.384 e. The first kappa shape index (κ1) is 20.6. The highest BCUT2D eigenvalue weighted by atomic mass is 19.1. The smallest absolute Gasteiger partial charge is 0.210 e. The third kappa shape index (κ3) is 4.12. The molecule has 1 amide bonds. The Morgan fingerprint density at radius 3 is 2.88 bits per heavy atom. The van der Waals surface area contributed by atoms with Crippen molar-refractivity contribution in [1.82, 2.24) is 24.3 Å². The minimum Gasteiger partial charge on any atom is -0.384 e. The van der Waals surface area contributed by atoms with Gasteiger partial charge in [-0.2, -0.15) is 0 Å². The molecule has 164 valence electrons. The van der Waals surface area contributed by atoms with Gasteiger partial charge >= 0.3 is 0 Å². The number of amides is 1. The standard InChI is InChI=1S/C24H19FN6O2/c25-20-10-17(2-4-19(20)22-14-33-8-7-30(22)15-32)21-13-31-18(11-29-24(31)12-28-21)3-1-16-5-6-27-23(26)9-16/h2,4-6,9-13,15,22H,7-8,14H2,(H2,26,27). The molecule has 1 aliphatic rings. The van der Waals surface area contributed by atoms with E-state index in [4.69, 9.17) is 10.5 Å². The zero-order chi connectivity index (χ0) is 22.8. The molecule has 1 atom stereocenters. The lowest BCUT2D eigenvalue weighted by molar-refractivity contribution is -0.126. The predicted octanol–water partition coefficient (Wildman–Crippen LogP) is 2.44. The van der Waals surface area contributed by atoms with Crippen LogP contribution in [-0.4, -0.2) is 50.4 Å². The number of imidazole rings is 1. The number of rotatable bonds is 3. The monoisotopic (exact) mass is 442 g/mol. The molecule has 33 heavy (non-hydrogen) atoms. The van der Waals surface area contributed by atoms with Gasteiger partial charge in [0, 0.05) is 35.6 Å². The second-order valence-electron chi connectivity index (χ2n) is 7.53. The summed E-state index contributed by atoms with van der Waals surface area (Å²) in [5.41, 5.74) is 9.30. The summed E-state index contributed by atoms with van der Waals surface area (Å²) in [6, 6.07) is 7.90. The Hall–Kier alpha value is -4.29. The number of pyridine rings is 1. The Morgan fingerprint density at radius 2 is 2.06 bits per heavy atom. The van der Waals surface area contributed by atoms with Crippen LogP contribution in [0.4, 0.5) is 10.2 Å². The Kier molecular flexibility index (Phi) is 5.42. The number of fused-ring (bicyclic) bond motifs is 1. The number of nitrogen functional groups attached to an aromatic ring is 1. The van der Waals surface area contributed by atoms with Crippen molar-refractivity contribution in [2.24, 2.45) is 0 Å². The molecule has 0 saturated carbocycles. The lowest BCUT2D eigenvalue weighted by atomic mass is 10.0. The highest BCUT2D eigenvalue weighted by Crippen LogP contribution is 2.28. The van der Waals surface area contributed by atoms with Crippen molar-refractivity contribution in [3.05, 3.63) is 77.8 Å². The highest BCUT2D eigenvalue weighted by molar-refractivity contribution is 5.62. The maximum atomic E-state index is 15.0. The van der Waals surface area contributed by atoms with E-state index >= 15 is 4.39 Å². The van der Waals surface area contributed by atoms with Gasteiger partial charge in [0.25, 0.3) is 0 Å². The highest BCUT2D eigenvalue weighted by Gasteiger charge is 2.26. The molecule has 3 aromatic heterocycles. The molecule has 1 aromatic carbocycles. The summed E-state index contributed by atoms with van der Waals surface area (Å²) in [7, 11) is 0. The van der Waals surface area contributed by atoms with Crippen LogP contribution in [0.15, 0.2) is 55.1 Å². The SMILES string of the molecule is Nc1cc(C#Cc2cnc3cnc(-c4ccc(C5COCCN5C=O)c(F)c4)cn23)ccn1. The molecule has 0 aliphatic carbocycles. The Bertz CT molecular complexity index is 1410. The number of nitrogens with two attached hydrogens (primary N) is 1. The number of nitrogens with zero attached hydrogens (tertiary/aromatic N) is 5. The molecular weight excluding hydrogens is 423 g/mol. The quantitative estimate of drug-likeness (QED) is 0.387. The van der Waals surface area contributed by atoms with Gasteiger partial charge in [-0.15, -0.1) is 0 Å². The number of carbonyl (C=O) groups excluding carboxylic acids is 1. The van der Waals surface area contributed by atoms with Gasteiger partial charge in [-0.3, -0.25) is 14.2 Å². The number of aromatic nitrogens is 4. The van der Waals surface area contributed by atoms with Gasteiger partial charge in [-0.25, -0.2) is 14.4 Å². The van der Waals surface area contributed by atoms with Crippen LogP contribution in [0, 0.1) is 17.7 Å². The van der Waals surface area contributed by atoms with Gasteiger partial charge in [0.05, 0.1) is 37.3 Å². The number of morpholine rings is 1. The van der Waals surface area contributed by atoms with Gasteiger partial charge in [-0.1, -0.05) is 18.1 Å². The number of anilines is 1. The van der Waals surface area contributed by atoms with E-state index < -0.39 is 11.9 Å². The van der Waals surface area contributed by atoms with Crippen LogP contribution in [0.5, 0.6) is 0 Å². The molecule has 1 fully saturated rings. The van der Waals surface area contributed by atoms with Crippen molar-refractivity contribution in [1.29, 1.82) is 0 Å². The molecule has 1 unspecified atom stereocenters. The summed E-state index contributed by atoms with van der Waals surface area (Å²) in [6.07, 6.45) is 7.36. The van der Waals surface area contributed by atoms with Crippen LogP contribution in [-0.2, 0) is 9.53 Å². The minimum atomic E-state index is -0.446. The second-order valence-corrected chi connectivity index (χ2v) is 7.53. The fourth-order valence-electron chi connectivity index (χ4n) is 3.76. The van der Waals surface area contributed by atoms with E-state index in [0.717, 1.165) is 12.0 Å². The maximum Gasteiger partial charge on any atom is 0.210 e. The van der Waals surface area contributed by atoms with Gasteiger partial charge in [0.1, 0.15) is 17.3 Å². The topological polar surface area (TPSA) is 98.6 Å². The second kappa shape index (κ2) is 8.68. The van der Waals surface area contributed by atoms with Gasteiger partial charge in [0.2, 0.25) is 6.41 Å². The fourth-order valence-corrected chi connectivity index (χ4v) is 3.76. The van der Waals surface area contributed by atoms with Crippen molar-refractivity contribution in [3.8, 4) is 23.1 Å². The van der Waals surface area contributed by atoms with E-state index in [9.17, 15) is 4.79 Å². The third-order valence-corrected chi connectivity index (χ3v) is 5.47. The molecule has 1 aliphatic heterocycles. The number of benzene rings is 1. The molecule has 0 spiro atoms. The Balaban J connectivity index is 1.47. The third-order valence-electron chi connectivity index (χ3n) is 5.47. The molecule has 8 nitrogen and oxygen atoms in total. The lowest BCUT2D eigenvalue weighted by Crippen LogP contribution is -2.38. The van der Waals surface area contributed by atoms with Gasteiger partial charge < -0.3 is 15.4 Å². The molecule has 9 heteroatoms. The molecular formula is C24H19FN6O2. The van der Waals surface area contributed by atoms with Crippen LogP contribution >= 0.6 is 0 Å². The molecule has 0 bridgehead atoms. The number of carbonyl (C=O) groups is 1. The Labute approximate surface area is 188 Å². The summed E-state index contributed by atoms with van der Waals surface area (Å²) in [6.45, 7) is 1.15. The fraction of sp³-hybridized carbons (Fsp3) is 0.167. The number of hydrogen-bond donors (Lipinski definition) is 1. The van der Waals surface area contributed by atoms with Crippen molar-refractivity contribution >= 4 is 17.9 Å². The summed E-state index contributed by atoms with van der Waals surface area (Å²) in [5.74, 6) is 6.10. The first-order chi connectivity index (χ1) is 16.1. The van der Waals surface area contributed by atoms with Crippen LogP contribution < -0.4 is 5.73 Å². The zero-order valence-corrected chi connectivity index (χ0v) is 17.5. The summed E-state index contributed by atoms with van der Waals surface area (Å²) in [5, 5.41) is 0.